The number of aliphatic imine (C=N–C) groups is 1. The molecule has 4 rings (SSSR count). The number of guanidine groups is 1. The van der Waals surface area contributed by atoms with Crippen LogP contribution in [-0.2, 0) is 15.3 Å². The summed E-state index contributed by atoms with van der Waals surface area (Å²) in [6.45, 7) is 9.19. The summed E-state index contributed by atoms with van der Waals surface area (Å²) in [6, 6.07) is 6.28. The fourth-order valence-corrected chi connectivity index (χ4v) is 4.54. The van der Waals surface area contributed by atoms with E-state index < -0.39 is 5.72 Å². The summed E-state index contributed by atoms with van der Waals surface area (Å²) < 4.78 is 12.4. The zero-order valence-corrected chi connectivity index (χ0v) is 17.5. The van der Waals surface area contributed by atoms with Gasteiger partial charge >= 0.3 is 0 Å². The molecule has 0 amide bonds. The molecule has 28 heavy (non-hydrogen) atoms. The second-order valence-electron chi connectivity index (χ2n) is 8.75. The summed E-state index contributed by atoms with van der Waals surface area (Å²) in [5.41, 5.74) is 8.43. The van der Waals surface area contributed by atoms with Crippen molar-refractivity contribution in [1.29, 1.82) is 0 Å². The molecule has 3 aliphatic rings. The van der Waals surface area contributed by atoms with Crippen LogP contribution in [0.15, 0.2) is 29.3 Å². The van der Waals surface area contributed by atoms with Gasteiger partial charge in [-0.2, -0.15) is 0 Å². The maximum Gasteiger partial charge on any atom is 0.221 e. The topological polar surface area (TPSA) is 69.3 Å². The Morgan fingerprint density at radius 2 is 2.11 bits per heavy atom. The molecule has 152 valence electrons. The third-order valence-corrected chi connectivity index (χ3v) is 6.21. The molecule has 3 atom stereocenters. The Kier molecular flexibility index (Phi) is 4.67. The van der Waals surface area contributed by atoms with Crippen molar-refractivity contribution >= 4 is 11.5 Å². The van der Waals surface area contributed by atoms with Gasteiger partial charge in [0.1, 0.15) is 11.9 Å². The molecule has 0 saturated carbocycles. The van der Waals surface area contributed by atoms with Crippen molar-refractivity contribution in [3.63, 3.8) is 0 Å². The highest BCUT2D eigenvalue weighted by molar-refractivity contribution is 5.79. The van der Waals surface area contributed by atoms with Crippen LogP contribution in [-0.4, -0.2) is 36.4 Å². The van der Waals surface area contributed by atoms with E-state index in [0.29, 0.717) is 18.3 Å². The van der Waals surface area contributed by atoms with Crippen molar-refractivity contribution in [2.45, 2.75) is 64.4 Å². The maximum atomic E-state index is 6.51. The highest BCUT2D eigenvalue weighted by Gasteiger charge is 2.51. The number of benzene rings is 1. The van der Waals surface area contributed by atoms with Crippen molar-refractivity contribution in [2.75, 3.05) is 13.7 Å². The Morgan fingerprint density at radius 1 is 1.32 bits per heavy atom. The second-order valence-corrected chi connectivity index (χ2v) is 8.75. The van der Waals surface area contributed by atoms with E-state index in [9.17, 15) is 0 Å². The number of hydroxylamine groups is 2. The van der Waals surface area contributed by atoms with Gasteiger partial charge in [0.2, 0.25) is 11.7 Å². The lowest BCUT2D eigenvalue weighted by molar-refractivity contribution is -0.199. The third-order valence-electron chi connectivity index (χ3n) is 6.21. The fraction of sp³-hybridized carbons (Fsp3) is 0.591. The van der Waals surface area contributed by atoms with E-state index in [1.165, 1.54) is 5.57 Å². The summed E-state index contributed by atoms with van der Waals surface area (Å²) in [6.07, 6.45) is 4.68. The Labute approximate surface area is 167 Å². The molecule has 1 aromatic carbocycles. The Hall–Kier alpha value is -2.05. The number of fused-ring (bicyclic) bond motifs is 2. The van der Waals surface area contributed by atoms with E-state index in [4.69, 9.17) is 25.0 Å². The van der Waals surface area contributed by atoms with Gasteiger partial charge in [0, 0.05) is 26.0 Å². The van der Waals surface area contributed by atoms with Crippen molar-refractivity contribution in [2.24, 2.45) is 16.6 Å². The molecule has 3 heterocycles. The average molecular weight is 386 g/mol. The molecule has 0 aromatic heterocycles. The van der Waals surface area contributed by atoms with Gasteiger partial charge in [-0.1, -0.05) is 12.1 Å². The molecule has 6 heteroatoms. The van der Waals surface area contributed by atoms with Crippen LogP contribution < -0.4 is 10.5 Å². The number of nitrogens with two attached hydrogens (primary N) is 1. The molecule has 3 aliphatic heterocycles. The quantitative estimate of drug-likeness (QED) is 0.838. The molecule has 1 aromatic rings. The summed E-state index contributed by atoms with van der Waals surface area (Å²) in [5, 5.41) is 1.56. The summed E-state index contributed by atoms with van der Waals surface area (Å²) in [7, 11) is 1.80. The standard InChI is InChI=1S/C22H31N3O3/c1-6-14(2)15-7-8-18-17(11-15)22(24-20(23)25(5)28-22)13-19(27-18)16-9-10-26-21(3,4)12-16/h6-8,11,16,19H,9-10,12-13H2,1-5H3,(H2,23,24). The van der Waals surface area contributed by atoms with Crippen molar-refractivity contribution in [1.82, 2.24) is 5.06 Å². The minimum absolute atomic E-state index is 0.00684. The van der Waals surface area contributed by atoms with E-state index in [0.717, 1.165) is 36.3 Å². The first-order valence-corrected chi connectivity index (χ1v) is 10.1. The van der Waals surface area contributed by atoms with Gasteiger partial charge in [0.25, 0.3) is 0 Å². The van der Waals surface area contributed by atoms with Crippen LogP contribution in [0.2, 0.25) is 0 Å². The predicted molar refractivity (Wildman–Crippen MR) is 110 cm³/mol. The number of rotatable bonds is 2. The second kappa shape index (κ2) is 6.78. The van der Waals surface area contributed by atoms with Crippen LogP contribution in [0.25, 0.3) is 5.57 Å². The van der Waals surface area contributed by atoms with Crippen LogP contribution in [0, 0.1) is 5.92 Å². The first-order chi connectivity index (χ1) is 13.2. The molecule has 1 spiro atoms. The zero-order chi connectivity index (χ0) is 20.1. The minimum Gasteiger partial charge on any atom is -0.489 e. The maximum absolute atomic E-state index is 6.51. The SMILES string of the molecule is CC=C(C)c1ccc2c(c1)C1(CC(C3CCOC(C)(C)C3)O2)N=C(N)N(C)O1. The average Bonchev–Trinajstić information content (AvgIpc) is 2.94. The minimum atomic E-state index is -0.830. The van der Waals surface area contributed by atoms with Crippen molar-refractivity contribution < 1.29 is 14.3 Å². The number of ether oxygens (including phenoxy) is 2. The van der Waals surface area contributed by atoms with Crippen LogP contribution in [0.5, 0.6) is 5.75 Å². The van der Waals surface area contributed by atoms with Gasteiger partial charge in [0.05, 0.1) is 11.2 Å². The van der Waals surface area contributed by atoms with Crippen molar-refractivity contribution in [3.8, 4) is 5.75 Å². The van der Waals surface area contributed by atoms with Crippen LogP contribution in [0.4, 0.5) is 0 Å². The molecule has 2 N–H and O–H groups in total. The predicted octanol–water partition coefficient (Wildman–Crippen LogP) is 3.81. The molecule has 1 fully saturated rings. The summed E-state index contributed by atoms with van der Waals surface area (Å²) in [5.74, 6) is 1.61. The number of hydrogen-bond donors (Lipinski definition) is 1. The number of allylic oxidation sites excluding steroid dienone is 2. The zero-order valence-electron chi connectivity index (χ0n) is 17.5. The van der Waals surface area contributed by atoms with Gasteiger partial charge < -0.3 is 15.2 Å². The van der Waals surface area contributed by atoms with Crippen molar-refractivity contribution in [3.05, 3.63) is 35.4 Å². The van der Waals surface area contributed by atoms with E-state index in [2.05, 4.69) is 39.0 Å². The lowest BCUT2D eigenvalue weighted by Crippen LogP contribution is -2.46. The number of nitrogens with zero attached hydrogens (tertiary/aromatic N) is 2. The number of hydrogen-bond acceptors (Lipinski definition) is 6. The van der Waals surface area contributed by atoms with Gasteiger partial charge in [-0.25, -0.2) is 14.9 Å². The Morgan fingerprint density at radius 3 is 2.75 bits per heavy atom. The molecule has 3 unspecified atom stereocenters. The molecule has 1 saturated heterocycles. The first kappa shape index (κ1) is 19.3. The summed E-state index contributed by atoms with van der Waals surface area (Å²) in [4.78, 5) is 11.0. The van der Waals surface area contributed by atoms with Crippen LogP contribution in [0.1, 0.15) is 58.1 Å². The highest BCUT2D eigenvalue weighted by atomic mass is 16.7. The van der Waals surface area contributed by atoms with E-state index in [1.807, 2.05) is 13.0 Å². The molecule has 0 bridgehead atoms. The van der Waals surface area contributed by atoms with E-state index in [1.54, 1.807) is 12.1 Å². The lowest BCUT2D eigenvalue weighted by Gasteiger charge is -2.44. The molecule has 0 aliphatic carbocycles. The van der Waals surface area contributed by atoms with Crippen LogP contribution in [0.3, 0.4) is 0 Å². The van der Waals surface area contributed by atoms with Crippen LogP contribution >= 0.6 is 0 Å². The normalized spacial score (nSPS) is 32.1. The van der Waals surface area contributed by atoms with Gasteiger partial charge in [-0.05, 0) is 63.8 Å². The Bertz CT molecular complexity index is 832. The summed E-state index contributed by atoms with van der Waals surface area (Å²) >= 11 is 0. The third kappa shape index (κ3) is 3.29. The smallest absolute Gasteiger partial charge is 0.221 e. The molecule has 6 nitrogen and oxygen atoms in total. The van der Waals surface area contributed by atoms with Gasteiger partial charge in [0.15, 0.2) is 0 Å². The lowest BCUT2D eigenvalue weighted by atomic mass is 9.79. The highest BCUT2D eigenvalue weighted by Crippen LogP contribution is 2.49. The largest absolute Gasteiger partial charge is 0.489 e. The molecule has 0 radical (unpaired) electrons. The molecular weight excluding hydrogens is 354 g/mol. The first-order valence-electron chi connectivity index (χ1n) is 10.1. The van der Waals surface area contributed by atoms with Gasteiger partial charge in [-0.15, -0.1) is 0 Å². The monoisotopic (exact) mass is 385 g/mol. The van der Waals surface area contributed by atoms with Gasteiger partial charge in [-0.3, -0.25) is 0 Å². The Balaban J connectivity index is 1.74. The molecular formula is C22H31N3O3. The van der Waals surface area contributed by atoms with E-state index >= 15 is 0 Å². The van der Waals surface area contributed by atoms with E-state index in [-0.39, 0.29) is 11.7 Å². The fourth-order valence-electron chi connectivity index (χ4n) is 4.54.